The highest BCUT2D eigenvalue weighted by molar-refractivity contribution is 5.51. The molecule has 0 aliphatic rings. The van der Waals surface area contributed by atoms with Crippen molar-refractivity contribution < 1.29 is 4.74 Å². The van der Waals surface area contributed by atoms with Gasteiger partial charge in [0.1, 0.15) is 11.5 Å². The van der Waals surface area contributed by atoms with Gasteiger partial charge in [-0.05, 0) is 61.4 Å². The fourth-order valence-electron chi connectivity index (χ4n) is 1.67. The van der Waals surface area contributed by atoms with Gasteiger partial charge < -0.3 is 10.5 Å². The predicted molar refractivity (Wildman–Crippen MR) is 71.6 cm³/mol. The van der Waals surface area contributed by atoms with E-state index in [1.807, 2.05) is 32.0 Å². The molecule has 2 aromatic rings. The van der Waals surface area contributed by atoms with Crippen LogP contribution in [0.1, 0.15) is 16.7 Å². The maximum absolute atomic E-state index is 8.80. The number of hydrogen-bond donors (Lipinski definition) is 1. The van der Waals surface area contributed by atoms with E-state index in [1.54, 1.807) is 18.2 Å². The first-order valence-electron chi connectivity index (χ1n) is 5.65. The Kier molecular flexibility index (Phi) is 3.20. The molecular weight excluding hydrogens is 224 g/mol. The van der Waals surface area contributed by atoms with Gasteiger partial charge in [0, 0.05) is 5.69 Å². The lowest BCUT2D eigenvalue weighted by Crippen LogP contribution is -1.92. The lowest BCUT2D eigenvalue weighted by molar-refractivity contribution is 0.478. The van der Waals surface area contributed by atoms with Crippen molar-refractivity contribution in [2.24, 2.45) is 0 Å². The Balaban J connectivity index is 2.29. The van der Waals surface area contributed by atoms with E-state index in [0.29, 0.717) is 5.56 Å². The number of hydrogen-bond acceptors (Lipinski definition) is 3. The van der Waals surface area contributed by atoms with E-state index in [0.717, 1.165) is 28.3 Å². The van der Waals surface area contributed by atoms with Crippen LogP contribution in [0.3, 0.4) is 0 Å². The molecule has 0 saturated carbocycles. The molecule has 90 valence electrons. The second-order valence-electron chi connectivity index (χ2n) is 4.21. The molecular formula is C15H14N2O. The highest BCUT2D eigenvalue weighted by Gasteiger charge is 2.04. The summed E-state index contributed by atoms with van der Waals surface area (Å²) in [5.74, 6) is 1.49. The van der Waals surface area contributed by atoms with Gasteiger partial charge >= 0.3 is 0 Å². The van der Waals surface area contributed by atoms with Crippen molar-refractivity contribution >= 4 is 5.69 Å². The fraction of sp³-hybridized carbons (Fsp3) is 0.133. The van der Waals surface area contributed by atoms with E-state index in [4.69, 9.17) is 15.7 Å². The molecule has 3 heteroatoms. The molecule has 3 nitrogen and oxygen atoms in total. The zero-order chi connectivity index (χ0) is 13.1. The Bertz CT molecular complexity index is 627. The number of ether oxygens (including phenoxy) is 1. The summed E-state index contributed by atoms with van der Waals surface area (Å²) in [5.41, 5.74) is 9.06. The molecule has 0 bridgehead atoms. The summed E-state index contributed by atoms with van der Waals surface area (Å²) in [6.45, 7) is 3.86. The van der Waals surface area contributed by atoms with Gasteiger partial charge in [-0.15, -0.1) is 0 Å². The van der Waals surface area contributed by atoms with Crippen molar-refractivity contribution in [3.63, 3.8) is 0 Å². The van der Waals surface area contributed by atoms with Crippen LogP contribution in [0.5, 0.6) is 11.5 Å². The average molecular weight is 238 g/mol. The first-order valence-corrected chi connectivity index (χ1v) is 5.65. The second kappa shape index (κ2) is 4.80. The molecule has 0 aliphatic heterocycles. The summed E-state index contributed by atoms with van der Waals surface area (Å²) in [5, 5.41) is 8.80. The van der Waals surface area contributed by atoms with E-state index >= 15 is 0 Å². The molecule has 0 aromatic heterocycles. The van der Waals surface area contributed by atoms with E-state index in [1.165, 1.54) is 0 Å². The van der Waals surface area contributed by atoms with Crippen LogP contribution in [0.2, 0.25) is 0 Å². The van der Waals surface area contributed by atoms with Crippen LogP contribution in [-0.4, -0.2) is 0 Å². The monoisotopic (exact) mass is 238 g/mol. The van der Waals surface area contributed by atoms with Gasteiger partial charge in [-0.2, -0.15) is 5.26 Å². The van der Waals surface area contributed by atoms with E-state index in [9.17, 15) is 0 Å². The largest absolute Gasteiger partial charge is 0.457 e. The summed E-state index contributed by atoms with van der Waals surface area (Å²) < 4.78 is 5.78. The Morgan fingerprint density at radius 1 is 1.06 bits per heavy atom. The molecule has 0 amide bonds. The molecule has 0 atom stereocenters. The minimum absolute atomic E-state index is 0.633. The third-order valence-corrected chi connectivity index (χ3v) is 2.77. The minimum atomic E-state index is 0.633. The zero-order valence-corrected chi connectivity index (χ0v) is 10.4. The summed E-state index contributed by atoms with van der Waals surface area (Å²) in [6.07, 6.45) is 0. The number of anilines is 1. The molecule has 2 N–H and O–H groups in total. The van der Waals surface area contributed by atoms with Crippen molar-refractivity contribution in [3.05, 3.63) is 53.1 Å². The van der Waals surface area contributed by atoms with E-state index in [-0.39, 0.29) is 0 Å². The Labute approximate surface area is 106 Å². The molecule has 0 fully saturated rings. The van der Waals surface area contributed by atoms with Crippen molar-refractivity contribution in [1.82, 2.24) is 0 Å². The first kappa shape index (κ1) is 12.0. The van der Waals surface area contributed by atoms with Crippen LogP contribution in [0, 0.1) is 25.2 Å². The summed E-state index contributed by atoms with van der Waals surface area (Å²) in [4.78, 5) is 0. The number of aryl methyl sites for hydroxylation is 2. The van der Waals surface area contributed by atoms with Crippen LogP contribution >= 0.6 is 0 Å². The third-order valence-electron chi connectivity index (χ3n) is 2.77. The van der Waals surface area contributed by atoms with Gasteiger partial charge in [-0.3, -0.25) is 0 Å². The van der Waals surface area contributed by atoms with Crippen molar-refractivity contribution in [3.8, 4) is 17.6 Å². The summed E-state index contributed by atoms with van der Waals surface area (Å²) >= 11 is 0. The number of nitrogen functional groups attached to an aromatic ring is 1. The summed E-state index contributed by atoms with van der Waals surface area (Å²) in [7, 11) is 0. The standard InChI is InChI=1S/C15H14N2O/c1-10-8-13(4-5-14(10)17)18-15-6-3-12(9-16)7-11(15)2/h3-8H,17H2,1-2H3. The van der Waals surface area contributed by atoms with Crippen molar-refractivity contribution in [2.75, 3.05) is 5.73 Å². The number of nitrogens with zero attached hydrogens (tertiary/aromatic N) is 1. The van der Waals surface area contributed by atoms with E-state index < -0.39 is 0 Å². The van der Waals surface area contributed by atoms with Gasteiger partial charge in [0.25, 0.3) is 0 Å². The SMILES string of the molecule is Cc1cc(Oc2ccc(C#N)cc2C)ccc1N. The number of nitriles is 1. The number of nitrogens with two attached hydrogens (primary N) is 1. The van der Waals surface area contributed by atoms with Crippen molar-refractivity contribution in [2.45, 2.75) is 13.8 Å². The average Bonchev–Trinajstić information content (AvgIpc) is 2.36. The topological polar surface area (TPSA) is 59.0 Å². The molecule has 18 heavy (non-hydrogen) atoms. The lowest BCUT2D eigenvalue weighted by atomic mass is 10.1. The smallest absolute Gasteiger partial charge is 0.130 e. The predicted octanol–water partition coefficient (Wildman–Crippen LogP) is 3.55. The van der Waals surface area contributed by atoms with Gasteiger partial charge in [0.05, 0.1) is 11.6 Å². The molecule has 0 radical (unpaired) electrons. The van der Waals surface area contributed by atoms with Crippen LogP contribution in [0.25, 0.3) is 0 Å². The van der Waals surface area contributed by atoms with Crippen LogP contribution in [-0.2, 0) is 0 Å². The lowest BCUT2D eigenvalue weighted by Gasteiger charge is -2.10. The molecule has 2 rings (SSSR count). The number of benzene rings is 2. The maximum atomic E-state index is 8.80. The number of rotatable bonds is 2. The molecule has 0 unspecified atom stereocenters. The quantitative estimate of drug-likeness (QED) is 0.814. The maximum Gasteiger partial charge on any atom is 0.130 e. The summed E-state index contributed by atoms with van der Waals surface area (Å²) in [6, 6.07) is 13.0. The Hall–Kier alpha value is -2.47. The highest BCUT2D eigenvalue weighted by Crippen LogP contribution is 2.27. The van der Waals surface area contributed by atoms with Gasteiger partial charge in [0.15, 0.2) is 0 Å². The second-order valence-corrected chi connectivity index (χ2v) is 4.21. The molecule has 0 heterocycles. The third kappa shape index (κ3) is 2.44. The Morgan fingerprint density at radius 3 is 2.44 bits per heavy atom. The van der Waals surface area contributed by atoms with E-state index in [2.05, 4.69) is 6.07 Å². The van der Waals surface area contributed by atoms with Gasteiger partial charge in [0.2, 0.25) is 0 Å². The first-order chi connectivity index (χ1) is 8.60. The zero-order valence-electron chi connectivity index (χ0n) is 10.4. The molecule has 0 saturated heterocycles. The van der Waals surface area contributed by atoms with Crippen molar-refractivity contribution in [1.29, 1.82) is 5.26 Å². The van der Waals surface area contributed by atoms with Gasteiger partial charge in [-0.25, -0.2) is 0 Å². The van der Waals surface area contributed by atoms with Crippen LogP contribution in [0.4, 0.5) is 5.69 Å². The van der Waals surface area contributed by atoms with Crippen LogP contribution < -0.4 is 10.5 Å². The fourth-order valence-corrected chi connectivity index (χ4v) is 1.67. The Morgan fingerprint density at radius 2 is 1.83 bits per heavy atom. The normalized spacial score (nSPS) is 9.83. The van der Waals surface area contributed by atoms with Gasteiger partial charge in [-0.1, -0.05) is 0 Å². The highest BCUT2D eigenvalue weighted by atomic mass is 16.5. The molecule has 0 spiro atoms. The van der Waals surface area contributed by atoms with Crippen LogP contribution in [0.15, 0.2) is 36.4 Å². The molecule has 0 aliphatic carbocycles. The minimum Gasteiger partial charge on any atom is -0.457 e. The molecule has 2 aromatic carbocycles.